The van der Waals surface area contributed by atoms with Gasteiger partial charge in [-0.05, 0) is 48.9 Å². The van der Waals surface area contributed by atoms with Gasteiger partial charge >= 0.3 is 0 Å². The number of hydrogen-bond acceptors (Lipinski definition) is 3. The Labute approximate surface area is 112 Å². The van der Waals surface area contributed by atoms with Gasteiger partial charge in [-0.3, -0.25) is 0 Å². The van der Waals surface area contributed by atoms with E-state index in [2.05, 4.69) is 54.0 Å². The second-order valence-electron chi connectivity index (χ2n) is 4.41. The summed E-state index contributed by atoms with van der Waals surface area (Å²) in [7, 11) is 0. The Hall–Kier alpha value is -1.32. The molecule has 2 N–H and O–H groups in total. The van der Waals surface area contributed by atoms with Gasteiger partial charge in [0.25, 0.3) is 0 Å². The number of rotatable bonds is 6. The summed E-state index contributed by atoms with van der Waals surface area (Å²) in [4.78, 5) is 1.34. The summed E-state index contributed by atoms with van der Waals surface area (Å²) in [6.45, 7) is 2.43. The summed E-state index contributed by atoms with van der Waals surface area (Å²) in [6, 6.07) is 13.0. The van der Waals surface area contributed by atoms with Crippen molar-refractivity contribution in [3.8, 4) is 0 Å². The number of hydrogen-bond donors (Lipinski definition) is 2. The third-order valence-electron chi connectivity index (χ3n) is 2.90. The van der Waals surface area contributed by atoms with E-state index in [4.69, 9.17) is 5.11 Å². The Morgan fingerprint density at radius 2 is 2.17 bits per heavy atom. The van der Waals surface area contributed by atoms with Crippen molar-refractivity contribution in [3.63, 3.8) is 0 Å². The lowest BCUT2D eigenvalue weighted by molar-refractivity contribution is 0.288. The Morgan fingerprint density at radius 3 is 2.89 bits per heavy atom. The van der Waals surface area contributed by atoms with Gasteiger partial charge in [-0.25, -0.2) is 0 Å². The summed E-state index contributed by atoms with van der Waals surface area (Å²) in [6.07, 6.45) is 1.75. The van der Waals surface area contributed by atoms with Crippen LogP contribution in [0.15, 0.2) is 41.8 Å². The normalized spacial score (nSPS) is 12.3. The minimum Gasteiger partial charge on any atom is -0.396 e. The molecule has 1 heterocycles. The number of benzene rings is 1. The molecular weight excluding hydrogens is 242 g/mol. The number of aryl methyl sites for hydroxylation is 1. The highest BCUT2D eigenvalue weighted by Crippen LogP contribution is 2.23. The monoisotopic (exact) mass is 261 g/mol. The largest absolute Gasteiger partial charge is 0.396 e. The lowest BCUT2D eigenvalue weighted by Crippen LogP contribution is -2.05. The van der Waals surface area contributed by atoms with Crippen LogP contribution >= 0.6 is 11.3 Å². The first kappa shape index (κ1) is 13.1. The highest BCUT2D eigenvalue weighted by Gasteiger charge is 2.06. The maximum atomic E-state index is 8.85. The molecule has 1 atom stereocenters. The van der Waals surface area contributed by atoms with Gasteiger partial charge < -0.3 is 10.4 Å². The van der Waals surface area contributed by atoms with Gasteiger partial charge in [0.1, 0.15) is 0 Å². The van der Waals surface area contributed by atoms with Crippen molar-refractivity contribution in [2.75, 3.05) is 11.9 Å². The molecule has 0 aliphatic rings. The molecule has 1 unspecified atom stereocenters. The predicted octanol–water partition coefficient (Wildman–Crippen LogP) is 3.85. The molecule has 0 aliphatic carbocycles. The average molecular weight is 261 g/mol. The van der Waals surface area contributed by atoms with E-state index in [1.54, 1.807) is 11.3 Å². The molecule has 0 saturated heterocycles. The van der Waals surface area contributed by atoms with Crippen molar-refractivity contribution >= 4 is 17.0 Å². The van der Waals surface area contributed by atoms with Crippen LogP contribution in [0.2, 0.25) is 0 Å². The van der Waals surface area contributed by atoms with Crippen molar-refractivity contribution in [3.05, 3.63) is 52.2 Å². The lowest BCUT2D eigenvalue weighted by atomic mass is 10.1. The number of aliphatic hydroxyl groups is 1. The fraction of sp³-hybridized carbons (Fsp3) is 0.333. The smallest absolute Gasteiger partial charge is 0.0578 e. The SMILES string of the molecule is CC(Nc1cccc(CCCO)c1)c1cccs1. The first-order valence-corrected chi connectivity index (χ1v) is 7.17. The molecular formula is C15H19NOS. The van der Waals surface area contributed by atoms with Crippen LogP contribution in [0.3, 0.4) is 0 Å². The van der Waals surface area contributed by atoms with Crippen LogP contribution in [-0.2, 0) is 6.42 Å². The Bertz CT molecular complexity index is 467. The molecule has 2 nitrogen and oxygen atoms in total. The van der Waals surface area contributed by atoms with Crippen LogP contribution in [0.4, 0.5) is 5.69 Å². The van der Waals surface area contributed by atoms with E-state index in [1.165, 1.54) is 10.4 Å². The molecule has 0 radical (unpaired) electrons. The molecule has 0 amide bonds. The van der Waals surface area contributed by atoms with Crippen LogP contribution in [0.1, 0.15) is 29.8 Å². The fourth-order valence-corrected chi connectivity index (χ4v) is 2.69. The second-order valence-corrected chi connectivity index (χ2v) is 5.39. The number of aliphatic hydroxyl groups excluding tert-OH is 1. The van der Waals surface area contributed by atoms with Gasteiger partial charge in [0.2, 0.25) is 0 Å². The molecule has 1 aromatic carbocycles. The van der Waals surface area contributed by atoms with Crippen molar-refractivity contribution < 1.29 is 5.11 Å². The van der Waals surface area contributed by atoms with E-state index in [0.29, 0.717) is 6.04 Å². The molecule has 2 rings (SSSR count). The summed E-state index contributed by atoms with van der Waals surface area (Å²) >= 11 is 1.77. The molecule has 18 heavy (non-hydrogen) atoms. The van der Waals surface area contributed by atoms with Crippen LogP contribution < -0.4 is 5.32 Å². The van der Waals surface area contributed by atoms with E-state index in [-0.39, 0.29) is 6.61 Å². The van der Waals surface area contributed by atoms with Crippen LogP contribution in [0.5, 0.6) is 0 Å². The first-order valence-electron chi connectivity index (χ1n) is 6.29. The minimum atomic E-state index is 0.253. The molecule has 0 aliphatic heterocycles. The maximum absolute atomic E-state index is 8.85. The molecule has 2 aromatic rings. The van der Waals surface area contributed by atoms with Gasteiger partial charge in [-0.15, -0.1) is 11.3 Å². The molecule has 1 aromatic heterocycles. The second kappa shape index (κ2) is 6.57. The lowest BCUT2D eigenvalue weighted by Gasteiger charge is -2.14. The molecule has 3 heteroatoms. The maximum Gasteiger partial charge on any atom is 0.0578 e. The van der Waals surface area contributed by atoms with E-state index in [9.17, 15) is 0 Å². The van der Waals surface area contributed by atoms with Crippen molar-refractivity contribution in [1.29, 1.82) is 0 Å². The first-order chi connectivity index (χ1) is 8.79. The number of nitrogens with one attached hydrogen (secondary N) is 1. The fourth-order valence-electron chi connectivity index (χ4n) is 1.96. The molecule has 0 fully saturated rings. The van der Waals surface area contributed by atoms with Crippen LogP contribution in [-0.4, -0.2) is 11.7 Å². The zero-order valence-corrected chi connectivity index (χ0v) is 11.4. The quantitative estimate of drug-likeness (QED) is 0.828. The third kappa shape index (κ3) is 3.59. The van der Waals surface area contributed by atoms with E-state index in [0.717, 1.165) is 18.5 Å². The molecule has 0 saturated carbocycles. The van der Waals surface area contributed by atoms with E-state index in [1.807, 2.05) is 0 Å². The van der Waals surface area contributed by atoms with Gasteiger partial charge in [-0.2, -0.15) is 0 Å². The van der Waals surface area contributed by atoms with Gasteiger partial charge in [-0.1, -0.05) is 18.2 Å². The zero-order valence-electron chi connectivity index (χ0n) is 10.6. The highest BCUT2D eigenvalue weighted by atomic mass is 32.1. The van der Waals surface area contributed by atoms with Gasteiger partial charge in [0.15, 0.2) is 0 Å². The van der Waals surface area contributed by atoms with Gasteiger partial charge in [0, 0.05) is 17.2 Å². The summed E-state index contributed by atoms with van der Waals surface area (Å²) in [5.74, 6) is 0. The summed E-state index contributed by atoms with van der Waals surface area (Å²) < 4.78 is 0. The summed E-state index contributed by atoms with van der Waals surface area (Å²) in [5, 5.41) is 14.5. The standard InChI is InChI=1S/C15H19NOS/c1-12(15-8-4-10-18-15)16-14-7-2-5-13(11-14)6-3-9-17/h2,4-5,7-8,10-12,16-17H,3,6,9H2,1H3. The Kier molecular flexibility index (Phi) is 4.79. The Balaban J connectivity index is 2.00. The molecule has 96 valence electrons. The van der Waals surface area contributed by atoms with Crippen molar-refractivity contribution in [2.45, 2.75) is 25.8 Å². The number of anilines is 1. The Morgan fingerprint density at radius 1 is 1.28 bits per heavy atom. The van der Waals surface area contributed by atoms with Crippen molar-refractivity contribution in [1.82, 2.24) is 0 Å². The molecule has 0 spiro atoms. The average Bonchev–Trinajstić information content (AvgIpc) is 2.91. The minimum absolute atomic E-state index is 0.253. The van der Waals surface area contributed by atoms with Gasteiger partial charge in [0.05, 0.1) is 6.04 Å². The topological polar surface area (TPSA) is 32.3 Å². The van der Waals surface area contributed by atoms with E-state index < -0.39 is 0 Å². The predicted molar refractivity (Wildman–Crippen MR) is 78.2 cm³/mol. The van der Waals surface area contributed by atoms with Crippen LogP contribution in [0.25, 0.3) is 0 Å². The number of thiophene rings is 1. The highest BCUT2D eigenvalue weighted by molar-refractivity contribution is 7.10. The zero-order chi connectivity index (χ0) is 12.8. The van der Waals surface area contributed by atoms with Crippen molar-refractivity contribution in [2.24, 2.45) is 0 Å². The van der Waals surface area contributed by atoms with Crippen LogP contribution in [0, 0.1) is 0 Å². The third-order valence-corrected chi connectivity index (χ3v) is 3.96. The summed E-state index contributed by atoms with van der Waals surface area (Å²) in [5.41, 5.74) is 2.42. The molecule has 0 bridgehead atoms. The van der Waals surface area contributed by atoms with E-state index >= 15 is 0 Å².